The smallest absolute Gasteiger partial charge is 0.407 e. The minimum atomic E-state index is -0.848. The highest BCUT2D eigenvalue weighted by atomic mass is 32.1. The molecule has 0 radical (unpaired) electrons. The first kappa shape index (κ1) is 13.6. The molecular weight excluding hydrogens is 228 g/mol. The maximum absolute atomic E-state index is 10.7. The molecule has 1 fully saturated rings. The average molecular weight is 248 g/mol. The van der Waals surface area contributed by atoms with Crippen molar-refractivity contribution in [2.75, 3.05) is 39.8 Å². The quantitative estimate of drug-likeness (QED) is 0.628. The topological polar surface area (TPSA) is 64.0 Å². The molecule has 2 N–H and O–H groups in total. The molecule has 1 saturated heterocycles. The molecular formula is C10H20N2O3S. The number of likely N-dealkylation sites (N-methyl/N-ethyl adjacent to an activating group) is 1. The van der Waals surface area contributed by atoms with E-state index in [0.717, 1.165) is 19.4 Å². The third-order valence-corrected chi connectivity index (χ3v) is 3.60. The molecule has 1 rings (SSSR count). The van der Waals surface area contributed by atoms with Gasteiger partial charge in [0.2, 0.25) is 0 Å². The highest BCUT2D eigenvalue weighted by Gasteiger charge is 2.33. The number of carboxylic acid groups (broad SMARTS) is 1. The van der Waals surface area contributed by atoms with Gasteiger partial charge in [0.1, 0.15) is 0 Å². The molecule has 16 heavy (non-hydrogen) atoms. The Morgan fingerprint density at radius 3 is 2.50 bits per heavy atom. The number of aliphatic hydroxyl groups is 1. The number of likely N-dealkylation sites (tertiary alicyclic amines) is 1. The minimum Gasteiger partial charge on any atom is -0.465 e. The fourth-order valence-electron chi connectivity index (χ4n) is 2.02. The zero-order valence-electron chi connectivity index (χ0n) is 9.59. The van der Waals surface area contributed by atoms with E-state index in [1.165, 1.54) is 4.90 Å². The van der Waals surface area contributed by atoms with Crippen molar-refractivity contribution >= 4 is 18.7 Å². The van der Waals surface area contributed by atoms with Gasteiger partial charge in [-0.05, 0) is 19.9 Å². The van der Waals surface area contributed by atoms with Crippen LogP contribution >= 0.6 is 12.6 Å². The van der Waals surface area contributed by atoms with E-state index >= 15 is 0 Å². The molecule has 0 aromatic carbocycles. The summed E-state index contributed by atoms with van der Waals surface area (Å²) < 4.78 is -0.129. The number of carbonyl (C=O) groups is 1. The van der Waals surface area contributed by atoms with Gasteiger partial charge >= 0.3 is 6.09 Å². The molecule has 0 aromatic rings. The Bertz CT molecular complexity index is 242. The van der Waals surface area contributed by atoms with Crippen LogP contribution in [0.5, 0.6) is 0 Å². The standard InChI is InChI=1S/C10H20N2O3S/c1-11(6-7-13)8-10(16)2-4-12(5-3-10)9(14)15/h13,16H,2-8H2,1H3,(H,14,15). The van der Waals surface area contributed by atoms with E-state index in [1.54, 1.807) is 0 Å². The lowest BCUT2D eigenvalue weighted by Gasteiger charge is -2.39. The van der Waals surface area contributed by atoms with Crippen LogP contribution in [-0.4, -0.2) is 70.7 Å². The van der Waals surface area contributed by atoms with Crippen LogP contribution in [0.2, 0.25) is 0 Å². The van der Waals surface area contributed by atoms with Crippen molar-refractivity contribution < 1.29 is 15.0 Å². The van der Waals surface area contributed by atoms with E-state index in [0.29, 0.717) is 19.6 Å². The largest absolute Gasteiger partial charge is 0.465 e. The van der Waals surface area contributed by atoms with Gasteiger partial charge in [0.05, 0.1) is 6.61 Å². The van der Waals surface area contributed by atoms with Crippen LogP contribution in [0.1, 0.15) is 12.8 Å². The maximum atomic E-state index is 10.7. The van der Waals surface area contributed by atoms with E-state index in [-0.39, 0.29) is 11.4 Å². The van der Waals surface area contributed by atoms with Gasteiger partial charge in [-0.25, -0.2) is 4.79 Å². The van der Waals surface area contributed by atoms with Crippen LogP contribution in [0.15, 0.2) is 0 Å². The fourth-order valence-corrected chi connectivity index (χ4v) is 2.47. The van der Waals surface area contributed by atoms with Gasteiger partial charge in [-0.2, -0.15) is 12.6 Å². The molecule has 0 spiro atoms. The summed E-state index contributed by atoms with van der Waals surface area (Å²) in [5, 5.41) is 17.6. The first-order valence-corrected chi connectivity index (χ1v) is 5.91. The second kappa shape index (κ2) is 5.75. The third kappa shape index (κ3) is 3.84. The Labute approximate surface area is 101 Å². The predicted molar refractivity (Wildman–Crippen MR) is 65.1 cm³/mol. The van der Waals surface area contributed by atoms with Crippen molar-refractivity contribution in [1.82, 2.24) is 9.80 Å². The summed E-state index contributed by atoms with van der Waals surface area (Å²) in [5.74, 6) is 0. The predicted octanol–water partition coefficient (Wildman–Crippen LogP) is 0.353. The van der Waals surface area contributed by atoms with E-state index in [1.807, 2.05) is 11.9 Å². The Kier molecular flexibility index (Phi) is 4.89. The van der Waals surface area contributed by atoms with E-state index in [9.17, 15) is 4.79 Å². The molecule has 0 aromatic heterocycles. The van der Waals surface area contributed by atoms with E-state index in [4.69, 9.17) is 10.2 Å². The average Bonchev–Trinajstić information content (AvgIpc) is 2.17. The van der Waals surface area contributed by atoms with Crippen LogP contribution in [0.4, 0.5) is 4.79 Å². The SMILES string of the molecule is CN(CCO)CC1(S)CCN(C(=O)O)CC1. The van der Waals surface area contributed by atoms with Crippen LogP contribution in [-0.2, 0) is 0 Å². The number of piperidine rings is 1. The molecule has 0 saturated carbocycles. The molecule has 5 nitrogen and oxygen atoms in total. The van der Waals surface area contributed by atoms with Gasteiger partial charge in [0.15, 0.2) is 0 Å². The highest BCUT2D eigenvalue weighted by Crippen LogP contribution is 2.29. The summed E-state index contributed by atoms with van der Waals surface area (Å²) in [4.78, 5) is 14.2. The van der Waals surface area contributed by atoms with Gasteiger partial charge in [0, 0.05) is 30.9 Å². The summed E-state index contributed by atoms with van der Waals surface area (Å²) in [6, 6.07) is 0. The van der Waals surface area contributed by atoms with Gasteiger partial charge in [-0.3, -0.25) is 0 Å². The molecule has 1 aliphatic rings. The lowest BCUT2D eigenvalue weighted by Crippen LogP contribution is -2.48. The molecule has 6 heteroatoms. The number of amides is 1. The minimum absolute atomic E-state index is 0.129. The number of nitrogens with zero attached hydrogens (tertiary/aromatic N) is 2. The molecule has 94 valence electrons. The van der Waals surface area contributed by atoms with Crippen molar-refractivity contribution in [1.29, 1.82) is 0 Å². The van der Waals surface area contributed by atoms with Crippen LogP contribution in [0.25, 0.3) is 0 Å². The van der Waals surface area contributed by atoms with Crippen molar-refractivity contribution in [2.45, 2.75) is 17.6 Å². The molecule has 0 atom stereocenters. The normalized spacial score (nSPS) is 20.1. The zero-order chi connectivity index (χ0) is 12.2. The summed E-state index contributed by atoms with van der Waals surface area (Å²) in [5.41, 5.74) is 0. The summed E-state index contributed by atoms with van der Waals surface area (Å²) in [6.07, 6.45) is 0.676. The monoisotopic (exact) mass is 248 g/mol. The van der Waals surface area contributed by atoms with E-state index < -0.39 is 6.09 Å². The molecule has 0 unspecified atom stereocenters. The second-order valence-corrected chi connectivity index (χ2v) is 5.40. The molecule has 1 aliphatic heterocycles. The lowest BCUT2D eigenvalue weighted by molar-refractivity contribution is 0.122. The van der Waals surface area contributed by atoms with Crippen LogP contribution in [0, 0.1) is 0 Å². The second-order valence-electron chi connectivity index (χ2n) is 4.46. The van der Waals surface area contributed by atoms with Gasteiger partial charge in [0.25, 0.3) is 0 Å². The Morgan fingerprint density at radius 2 is 2.06 bits per heavy atom. The van der Waals surface area contributed by atoms with Gasteiger partial charge < -0.3 is 20.0 Å². The Morgan fingerprint density at radius 1 is 1.50 bits per heavy atom. The van der Waals surface area contributed by atoms with Gasteiger partial charge in [-0.1, -0.05) is 0 Å². The first-order valence-electron chi connectivity index (χ1n) is 5.46. The van der Waals surface area contributed by atoms with Crippen molar-refractivity contribution in [2.24, 2.45) is 0 Å². The third-order valence-electron chi connectivity index (χ3n) is 3.01. The number of thiol groups is 1. The first-order chi connectivity index (χ1) is 7.47. The molecule has 1 amide bonds. The Hall–Kier alpha value is -0.460. The van der Waals surface area contributed by atoms with Gasteiger partial charge in [-0.15, -0.1) is 0 Å². The van der Waals surface area contributed by atoms with Crippen LogP contribution < -0.4 is 0 Å². The summed E-state index contributed by atoms with van der Waals surface area (Å²) >= 11 is 4.65. The number of aliphatic hydroxyl groups excluding tert-OH is 1. The fraction of sp³-hybridized carbons (Fsp3) is 0.900. The number of hydrogen-bond acceptors (Lipinski definition) is 4. The number of hydrogen-bond donors (Lipinski definition) is 3. The van der Waals surface area contributed by atoms with Crippen molar-refractivity contribution in [3.8, 4) is 0 Å². The maximum Gasteiger partial charge on any atom is 0.407 e. The van der Waals surface area contributed by atoms with Crippen molar-refractivity contribution in [3.63, 3.8) is 0 Å². The number of rotatable bonds is 4. The van der Waals surface area contributed by atoms with E-state index in [2.05, 4.69) is 12.6 Å². The molecule has 0 aliphatic carbocycles. The van der Waals surface area contributed by atoms with Crippen LogP contribution in [0.3, 0.4) is 0 Å². The summed E-state index contributed by atoms with van der Waals surface area (Å²) in [7, 11) is 1.94. The highest BCUT2D eigenvalue weighted by molar-refractivity contribution is 7.81. The zero-order valence-corrected chi connectivity index (χ0v) is 10.5. The molecule has 1 heterocycles. The Balaban J connectivity index is 2.40. The summed E-state index contributed by atoms with van der Waals surface area (Å²) in [6.45, 7) is 2.65. The lowest BCUT2D eigenvalue weighted by atomic mass is 9.95. The molecule has 0 bridgehead atoms. The van der Waals surface area contributed by atoms with Crippen molar-refractivity contribution in [3.05, 3.63) is 0 Å².